The van der Waals surface area contributed by atoms with E-state index in [1.807, 2.05) is 12.1 Å². The number of carbonyl (C=O) groups is 1. The fourth-order valence-electron chi connectivity index (χ4n) is 2.50. The van der Waals surface area contributed by atoms with E-state index in [-0.39, 0.29) is 5.97 Å². The van der Waals surface area contributed by atoms with Crippen LogP contribution in [0.2, 0.25) is 0 Å². The molecule has 0 aliphatic heterocycles. The normalized spacial score (nSPS) is 9.67. The van der Waals surface area contributed by atoms with E-state index in [1.54, 1.807) is 12.4 Å². The zero-order chi connectivity index (χ0) is 19.4. The lowest BCUT2D eigenvalue weighted by Gasteiger charge is -2.04. The highest BCUT2D eigenvalue weighted by atomic mass is 16.5. The molecule has 0 radical (unpaired) electrons. The summed E-state index contributed by atoms with van der Waals surface area (Å²) in [6.45, 7) is 2.52. The van der Waals surface area contributed by atoms with Crippen molar-refractivity contribution in [2.75, 3.05) is 0 Å². The number of rotatable bonds is 12. The van der Waals surface area contributed by atoms with E-state index in [4.69, 9.17) is 4.74 Å². The Morgan fingerprint density at radius 3 is 2.26 bits per heavy atom. The predicted octanol–water partition coefficient (Wildman–Crippen LogP) is 5.83. The standard InChI is InChI=1S/C24H33NO2/c1-2-3-4-5-6-7-8-9-10-11-12-13-14-15-16-19-24(26)27-22-23-18-17-20-25-21-23/h17-18,20-21H,2-5,8-9,12-16,19,22H2,1H3. The minimum absolute atomic E-state index is 0.130. The Kier molecular flexibility index (Phi) is 14.5. The monoisotopic (exact) mass is 367 g/mol. The van der Waals surface area contributed by atoms with Crippen LogP contribution in [0.3, 0.4) is 0 Å². The number of ether oxygens (including phenoxy) is 1. The van der Waals surface area contributed by atoms with Crippen molar-refractivity contribution in [2.24, 2.45) is 0 Å². The molecule has 0 atom stereocenters. The predicted molar refractivity (Wildman–Crippen MR) is 111 cm³/mol. The highest BCUT2D eigenvalue weighted by molar-refractivity contribution is 5.69. The Balaban J connectivity index is 1.89. The van der Waals surface area contributed by atoms with Crippen molar-refractivity contribution in [1.82, 2.24) is 4.98 Å². The maximum atomic E-state index is 11.7. The molecule has 1 heterocycles. The Labute approximate surface area is 165 Å². The Hall–Kier alpha value is -2.26. The average Bonchev–Trinajstić information content (AvgIpc) is 2.70. The van der Waals surface area contributed by atoms with Crippen molar-refractivity contribution in [2.45, 2.75) is 90.6 Å². The Bertz CT molecular complexity index is 617. The van der Waals surface area contributed by atoms with Gasteiger partial charge in [-0.25, -0.2) is 0 Å². The van der Waals surface area contributed by atoms with Crippen molar-refractivity contribution < 1.29 is 9.53 Å². The largest absolute Gasteiger partial charge is 0.461 e. The van der Waals surface area contributed by atoms with E-state index >= 15 is 0 Å². The first-order chi connectivity index (χ1) is 13.3. The van der Waals surface area contributed by atoms with Gasteiger partial charge in [0.15, 0.2) is 0 Å². The minimum Gasteiger partial charge on any atom is -0.461 e. The summed E-state index contributed by atoms with van der Waals surface area (Å²) in [6, 6.07) is 3.75. The van der Waals surface area contributed by atoms with Gasteiger partial charge in [0, 0.05) is 50.1 Å². The van der Waals surface area contributed by atoms with E-state index in [0.717, 1.165) is 56.9 Å². The number of unbranched alkanes of at least 4 members (excludes halogenated alkanes) is 8. The Morgan fingerprint density at radius 1 is 0.926 bits per heavy atom. The molecule has 3 nitrogen and oxygen atoms in total. The quantitative estimate of drug-likeness (QED) is 0.265. The second-order valence-corrected chi connectivity index (χ2v) is 6.60. The van der Waals surface area contributed by atoms with Crippen molar-refractivity contribution in [3.8, 4) is 23.7 Å². The summed E-state index contributed by atoms with van der Waals surface area (Å²) in [5.74, 6) is 12.7. The van der Waals surface area contributed by atoms with Crippen LogP contribution in [0.4, 0.5) is 0 Å². The second-order valence-electron chi connectivity index (χ2n) is 6.60. The Morgan fingerprint density at radius 2 is 1.59 bits per heavy atom. The number of nitrogens with zero attached hydrogens (tertiary/aromatic N) is 1. The summed E-state index contributed by atoms with van der Waals surface area (Å²) >= 11 is 0. The molecule has 1 rings (SSSR count). The molecule has 1 aromatic heterocycles. The van der Waals surface area contributed by atoms with Gasteiger partial charge < -0.3 is 4.74 Å². The summed E-state index contributed by atoms with van der Waals surface area (Å²) in [4.78, 5) is 15.7. The van der Waals surface area contributed by atoms with Gasteiger partial charge in [0.05, 0.1) is 0 Å². The summed E-state index contributed by atoms with van der Waals surface area (Å²) in [5.41, 5.74) is 0.923. The van der Waals surface area contributed by atoms with Gasteiger partial charge >= 0.3 is 5.97 Å². The molecule has 0 spiro atoms. The van der Waals surface area contributed by atoms with E-state index in [0.29, 0.717) is 13.0 Å². The van der Waals surface area contributed by atoms with E-state index < -0.39 is 0 Å². The molecular weight excluding hydrogens is 334 g/mol. The third-order valence-electron chi connectivity index (χ3n) is 4.09. The van der Waals surface area contributed by atoms with Crippen LogP contribution in [0.5, 0.6) is 0 Å². The zero-order valence-electron chi connectivity index (χ0n) is 16.8. The highest BCUT2D eigenvalue weighted by Crippen LogP contribution is 2.07. The third kappa shape index (κ3) is 14.6. The van der Waals surface area contributed by atoms with Crippen molar-refractivity contribution in [3.05, 3.63) is 30.1 Å². The first-order valence-electron chi connectivity index (χ1n) is 10.3. The number of pyridine rings is 1. The van der Waals surface area contributed by atoms with Crippen molar-refractivity contribution in [3.63, 3.8) is 0 Å². The van der Waals surface area contributed by atoms with E-state index in [9.17, 15) is 4.79 Å². The molecular formula is C24H33NO2. The fourth-order valence-corrected chi connectivity index (χ4v) is 2.50. The van der Waals surface area contributed by atoms with Crippen LogP contribution < -0.4 is 0 Å². The molecule has 27 heavy (non-hydrogen) atoms. The topological polar surface area (TPSA) is 39.2 Å². The lowest BCUT2D eigenvalue weighted by Crippen LogP contribution is -2.04. The zero-order valence-corrected chi connectivity index (χ0v) is 16.8. The number of aromatic nitrogens is 1. The third-order valence-corrected chi connectivity index (χ3v) is 4.09. The lowest BCUT2D eigenvalue weighted by atomic mass is 10.1. The van der Waals surface area contributed by atoms with Gasteiger partial charge in [-0.3, -0.25) is 9.78 Å². The summed E-state index contributed by atoms with van der Waals surface area (Å²) in [6.07, 6.45) is 15.5. The molecule has 0 fully saturated rings. The molecule has 3 heteroatoms. The van der Waals surface area contributed by atoms with Crippen LogP contribution in [0.25, 0.3) is 0 Å². The SMILES string of the molecule is CCCCCC#CCCC#CCCCCCCC(=O)OCc1cccnc1. The van der Waals surface area contributed by atoms with Crippen LogP contribution in [0.1, 0.15) is 89.5 Å². The summed E-state index contributed by atoms with van der Waals surface area (Å²) < 4.78 is 5.23. The molecule has 0 aliphatic rings. The second kappa shape index (κ2) is 17.2. The van der Waals surface area contributed by atoms with Crippen molar-refractivity contribution in [1.29, 1.82) is 0 Å². The lowest BCUT2D eigenvalue weighted by molar-refractivity contribution is -0.145. The maximum Gasteiger partial charge on any atom is 0.306 e. The number of hydrogen-bond acceptors (Lipinski definition) is 3. The van der Waals surface area contributed by atoms with E-state index in [1.165, 1.54) is 19.3 Å². The van der Waals surface area contributed by atoms with Crippen LogP contribution >= 0.6 is 0 Å². The van der Waals surface area contributed by atoms with E-state index in [2.05, 4.69) is 35.6 Å². The van der Waals surface area contributed by atoms with Gasteiger partial charge in [-0.2, -0.15) is 0 Å². The fraction of sp³-hybridized carbons (Fsp3) is 0.583. The first kappa shape index (κ1) is 22.8. The minimum atomic E-state index is -0.130. The average molecular weight is 368 g/mol. The molecule has 0 aliphatic carbocycles. The van der Waals surface area contributed by atoms with Gasteiger partial charge in [0.1, 0.15) is 6.61 Å². The maximum absolute atomic E-state index is 11.7. The van der Waals surface area contributed by atoms with Crippen LogP contribution in [-0.2, 0) is 16.1 Å². The molecule has 0 saturated carbocycles. The first-order valence-corrected chi connectivity index (χ1v) is 10.3. The van der Waals surface area contributed by atoms with Gasteiger partial charge in [0.2, 0.25) is 0 Å². The number of esters is 1. The smallest absolute Gasteiger partial charge is 0.306 e. The molecule has 0 amide bonds. The van der Waals surface area contributed by atoms with Crippen LogP contribution in [0.15, 0.2) is 24.5 Å². The van der Waals surface area contributed by atoms with Gasteiger partial charge in [0.25, 0.3) is 0 Å². The van der Waals surface area contributed by atoms with Gasteiger partial charge in [-0.15, -0.1) is 23.7 Å². The molecule has 0 saturated heterocycles. The van der Waals surface area contributed by atoms with Crippen LogP contribution in [0, 0.1) is 23.7 Å². The molecule has 0 aromatic carbocycles. The van der Waals surface area contributed by atoms with Crippen molar-refractivity contribution >= 4 is 5.97 Å². The summed E-state index contributed by atoms with van der Waals surface area (Å²) in [7, 11) is 0. The van der Waals surface area contributed by atoms with Crippen LogP contribution in [-0.4, -0.2) is 11.0 Å². The molecule has 146 valence electrons. The van der Waals surface area contributed by atoms with Gasteiger partial charge in [-0.1, -0.05) is 38.7 Å². The number of carbonyl (C=O) groups excluding carboxylic acids is 1. The number of hydrogen-bond donors (Lipinski definition) is 0. The molecule has 0 unspecified atom stereocenters. The van der Waals surface area contributed by atoms with Gasteiger partial charge in [-0.05, 0) is 25.3 Å². The molecule has 0 N–H and O–H groups in total. The molecule has 0 bridgehead atoms. The highest BCUT2D eigenvalue weighted by Gasteiger charge is 2.03. The molecule has 1 aromatic rings. The summed E-state index contributed by atoms with van der Waals surface area (Å²) in [5, 5.41) is 0.